The van der Waals surface area contributed by atoms with Crippen LogP contribution < -0.4 is 4.74 Å². The van der Waals surface area contributed by atoms with Crippen LogP contribution in [0.2, 0.25) is 0 Å². The molecule has 4 nitrogen and oxygen atoms in total. The zero-order valence-electron chi connectivity index (χ0n) is 11.0. The fourth-order valence-electron chi connectivity index (χ4n) is 1.68. The SMILES string of the molecule is Cn1ncc(Br)c1/C=C/C(=O)c1cccc(OC(F)F)c1. The van der Waals surface area contributed by atoms with Crippen molar-refractivity contribution in [3.8, 4) is 5.75 Å². The standard InChI is InChI=1S/C14H11BrF2N2O2/c1-19-12(11(15)8-18-19)5-6-13(20)9-3-2-4-10(7-9)21-14(16)17/h2-8,14H,1H3/b6-5+. The van der Waals surface area contributed by atoms with Crippen LogP contribution in [0.3, 0.4) is 0 Å². The van der Waals surface area contributed by atoms with Crippen molar-refractivity contribution in [1.82, 2.24) is 9.78 Å². The lowest BCUT2D eigenvalue weighted by molar-refractivity contribution is -0.0498. The Kier molecular flexibility index (Phi) is 4.85. The minimum atomic E-state index is -2.92. The van der Waals surface area contributed by atoms with Crippen LogP contribution in [0.5, 0.6) is 5.75 Å². The normalized spacial score (nSPS) is 11.3. The lowest BCUT2D eigenvalue weighted by atomic mass is 10.1. The third kappa shape index (κ3) is 3.98. The number of ketones is 1. The zero-order chi connectivity index (χ0) is 15.4. The molecule has 1 aromatic heterocycles. The average molecular weight is 357 g/mol. The number of aromatic nitrogens is 2. The molecule has 0 aliphatic rings. The summed E-state index contributed by atoms with van der Waals surface area (Å²) in [4.78, 5) is 12.0. The second-order valence-corrected chi connectivity index (χ2v) is 4.96. The van der Waals surface area contributed by atoms with Gasteiger partial charge in [0.1, 0.15) is 5.75 Å². The number of benzene rings is 1. The highest BCUT2D eigenvalue weighted by molar-refractivity contribution is 9.10. The number of allylic oxidation sites excluding steroid dienone is 1. The molecule has 7 heteroatoms. The molecule has 0 amide bonds. The van der Waals surface area contributed by atoms with E-state index in [9.17, 15) is 13.6 Å². The van der Waals surface area contributed by atoms with Gasteiger partial charge in [0, 0.05) is 12.6 Å². The van der Waals surface area contributed by atoms with Gasteiger partial charge in [0.25, 0.3) is 0 Å². The highest BCUT2D eigenvalue weighted by Gasteiger charge is 2.08. The van der Waals surface area contributed by atoms with E-state index < -0.39 is 6.61 Å². The first-order valence-electron chi connectivity index (χ1n) is 5.92. The van der Waals surface area contributed by atoms with Gasteiger partial charge in [0.05, 0.1) is 16.4 Å². The summed E-state index contributed by atoms with van der Waals surface area (Å²) in [5.41, 5.74) is 0.992. The summed E-state index contributed by atoms with van der Waals surface area (Å²) in [5, 5.41) is 4.02. The Morgan fingerprint density at radius 2 is 2.24 bits per heavy atom. The molecular weight excluding hydrogens is 346 g/mol. The van der Waals surface area contributed by atoms with E-state index in [1.165, 1.54) is 30.3 Å². The smallest absolute Gasteiger partial charge is 0.387 e. The van der Waals surface area contributed by atoms with Crippen LogP contribution in [0.4, 0.5) is 8.78 Å². The van der Waals surface area contributed by atoms with E-state index in [1.54, 1.807) is 24.0 Å². The van der Waals surface area contributed by atoms with E-state index in [0.29, 0.717) is 0 Å². The van der Waals surface area contributed by atoms with Crippen LogP contribution in [-0.4, -0.2) is 22.2 Å². The largest absolute Gasteiger partial charge is 0.435 e. The molecular formula is C14H11BrF2N2O2. The van der Waals surface area contributed by atoms with E-state index in [0.717, 1.165) is 10.2 Å². The maximum atomic E-state index is 12.1. The van der Waals surface area contributed by atoms with Crippen LogP contribution in [-0.2, 0) is 7.05 Å². The predicted octanol–water partition coefficient (Wildman–Crippen LogP) is 3.68. The molecule has 0 saturated heterocycles. The van der Waals surface area contributed by atoms with Gasteiger partial charge in [-0.3, -0.25) is 9.48 Å². The second-order valence-electron chi connectivity index (χ2n) is 4.11. The van der Waals surface area contributed by atoms with Gasteiger partial charge in [-0.2, -0.15) is 13.9 Å². The van der Waals surface area contributed by atoms with E-state index in [1.807, 2.05) is 0 Å². The maximum absolute atomic E-state index is 12.1. The summed E-state index contributed by atoms with van der Waals surface area (Å²) in [6.07, 6.45) is 4.56. The van der Waals surface area contributed by atoms with Gasteiger partial charge in [-0.1, -0.05) is 12.1 Å². The van der Waals surface area contributed by atoms with Crippen molar-refractivity contribution in [3.05, 3.63) is 52.3 Å². The Labute approximate surface area is 128 Å². The number of hydrogen-bond donors (Lipinski definition) is 0. The van der Waals surface area contributed by atoms with Gasteiger partial charge in [-0.25, -0.2) is 0 Å². The average Bonchev–Trinajstić information content (AvgIpc) is 2.75. The van der Waals surface area contributed by atoms with Crippen molar-refractivity contribution in [2.45, 2.75) is 6.61 Å². The molecule has 2 rings (SSSR count). The molecule has 0 N–H and O–H groups in total. The Hall–Kier alpha value is -2.02. The van der Waals surface area contributed by atoms with Crippen molar-refractivity contribution in [2.24, 2.45) is 7.05 Å². The quantitative estimate of drug-likeness (QED) is 0.606. The minimum Gasteiger partial charge on any atom is -0.435 e. The van der Waals surface area contributed by atoms with Crippen molar-refractivity contribution in [2.75, 3.05) is 0 Å². The van der Waals surface area contributed by atoms with Crippen LogP contribution in [0, 0.1) is 0 Å². The number of carbonyl (C=O) groups excluding carboxylic acids is 1. The highest BCUT2D eigenvalue weighted by atomic mass is 79.9. The Bertz CT molecular complexity index is 664. The fourth-order valence-corrected chi connectivity index (χ4v) is 2.16. The number of aryl methyl sites for hydroxylation is 1. The van der Waals surface area contributed by atoms with Gasteiger partial charge in [0.2, 0.25) is 0 Å². The Morgan fingerprint density at radius 3 is 2.86 bits per heavy atom. The van der Waals surface area contributed by atoms with Crippen LogP contribution in [0.15, 0.2) is 41.0 Å². The topological polar surface area (TPSA) is 44.1 Å². The number of alkyl halides is 2. The van der Waals surface area contributed by atoms with Gasteiger partial charge >= 0.3 is 6.61 Å². The third-order valence-electron chi connectivity index (χ3n) is 2.67. The number of nitrogens with zero attached hydrogens (tertiary/aromatic N) is 2. The van der Waals surface area contributed by atoms with Crippen molar-refractivity contribution in [3.63, 3.8) is 0 Å². The number of carbonyl (C=O) groups is 1. The summed E-state index contributed by atoms with van der Waals surface area (Å²) in [6.45, 7) is -2.92. The first-order valence-corrected chi connectivity index (χ1v) is 6.71. The summed E-state index contributed by atoms with van der Waals surface area (Å²) in [6, 6.07) is 5.66. The molecule has 0 unspecified atom stereocenters. The number of hydrogen-bond acceptors (Lipinski definition) is 3. The van der Waals surface area contributed by atoms with Gasteiger partial charge in [-0.05, 0) is 40.2 Å². The summed E-state index contributed by atoms with van der Waals surface area (Å²) < 4.78 is 30.9. The zero-order valence-corrected chi connectivity index (χ0v) is 12.5. The minimum absolute atomic E-state index is 0.0500. The highest BCUT2D eigenvalue weighted by Crippen LogP contribution is 2.19. The van der Waals surface area contributed by atoms with Crippen LogP contribution >= 0.6 is 15.9 Å². The molecule has 0 aliphatic heterocycles. The monoisotopic (exact) mass is 356 g/mol. The number of rotatable bonds is 5. The molecule has 0 aliphatic carbocycles. The molecule has 0 radical (unpaired) electrons. The molecule has 1 aromatic carbocycles. The van der Waals surface area contributed by atoms with Crippen molar-refractivity contribution in [1.29, 1.82) is 0 Å². The van der Waals surface area contributed by atoms with E-state index in [-0.39, 0.29) is 17.1 Å². The molecule has 110 valence electrons. The molecule has 0 saturated carbocycles. The third-order valence-corrected chi connectivity index (χ3v) is 3.28. The van der Waals surface area contributed by atoms with E-state index in [2.05, 4.69) is 25.8 Å². The second kappa shape index (κ2) is 6.62. The first-order chi connectivity index (χ1) is 9.97. The first kappa shape index (κ1) is 15.4. The Balaban J connectivity index is 2.17. The lowest BCUT2D eigenvalue weighted by Gasteiger charge is -2.05. The molecule has 0 fully saturated rings. The van der Waals surface area contributed by atoms with Gasteiger partial charge < -0.3 is 4.74 Å². The predicted molar refractivity (Wildman–Crippen MR) is 77.3 cm³/mol. The van der Waals surface area contributed by atoms with Crippen molar-refractivity contribution >= 4 is 27.8 Å². The molecule has 0 atom stereocenters. The number of halogens is 3. The molecule has 0 spiro atoms. The fraction of sp³-hybridized carbons (Fsp3) is 0.143. The van der Waals surface area contributed by atoms with Crippen LogP contribution in [0.25, 0.3) is 6.08 Å². The molecule has 2 aromatic rings. The summed E-state index contributed by atoms with van der Waals surface area (Å²) >= 11 is 3.31. The Morgan fingerprint density at radius 1 is 1.48 bits per heavy atom. The van der Waals surface area contributed by atoms with Gasteiger partial charge in [-0.15, -0.1) is 0 Å². The van der Waals surface area contributed by atoms with Gasteiger partial charge in [0.15, 0.2) is 5.78 Å². The van der Waals surface area contributed by atoms with Crippen LogP contribution in [0.1, 0.15) is 16.1 Å². The molecule has 21 heavy (non-hydrogen) atoms. The van der Waals surface area contributed by atoms with Crippen molar-refractivity contribution < 1.29 is 18.3 Å². The van der Waals surface area contributed by atoms with E-state index >= 15 is 0 Å². The molecule has 0 bridgehead atoms. The lowest BCUT2D eigenvalue weighted by Crippen LogP contribution is -2.03. The summed E-state index contributed by atoms with van der Waals surface area (Å²) in [7, 11) is 1.74. The maximum Gasteiger partial charge on any atom is 0.387 e. The number of ether oxygens (including phenoxy) is 1. The summed E-state index contributed by atoms with van der Waals surface area (Å²) in [5.74, 6) is -0.367. The van der Waals surface area contributed by atoms with E-state index in [4.69, 9.17) is 0 Å². The molecule has 1 heterocycles.